The van der Waals surface area contributed by atoms with Gasteiger partial charge in [0.1, 0.15) is 18.5 Å². The zero-order chi connectivity index (χ0) is 32.9. The van der Waals surface area contributed by atoms with Crippen LogP contribution in [-0.2, 0) is 33.3 Å². The lowest BCUT2D eigenvalue weighted by molar-refractivity contribution is -0.200. The van der Waals surface area contributed by atoms with E-state index in [1.165, 1.54) is 12.1 Å². The molecule has 1 saturated heterocycles. The molecule has 1 N–H and O–H groups in total. The number of carbonyl (C=O) groups excluding carboxylic acids is 1. The highest BCUT2D eigenvalue weighted by Crippen LogP contribution is 2.31. The number of amides is 1. The second kappa shape index (κ2) is 14.7. The van der Waals surface area contributed by atoms with E-state index < -0.39 is 34.6 Å². The molecule has 0 saturated carbocycles. The SMILES string of the molecule is Cc1ccc(S(=O)(=O)OCC(COC2=CC[C@@H]3N[C@H](C4=CC=C(N(C)C(=O)C(F)(F)F)CC4)C=CC3=C2)OC2CCCCO2)cc1. The minimum absolute atomic E-state index is 0.00813. The van der Waals surface area contributed by atoms with Crippen molar-refractivity contribution in [1.82, 2.24) is 10.2 Å². The number of allylic oxidation sites excluding steroid dienone is 4. The molecular formula is C33H39F3N2O7S. The summed E-state index contributed by atoms with van der Waals surface area (Å²) < 4.78 is 87.3. The maximum Gasteiger partial charge on any atom is 0.471 e. The monoisotopic (exact) mass is 664 g/mol. The van der Waals surface area contributed by atoms with Gasteiger partial charge < -0.3 is 19.1 Å². The van der Waals surface area contributed by atoms with Gasteiger partial charge in [0, 0.05) is 31.4 Å². The van der Waals surface area contributed by atoms with Crippen LogP contribution in [-0.4, -0.2) is 76.7 Å². The van der Waals surface area contributed by atoms with Crippen molar-refractivity contribution in [2.45, 2.75) is 81.0 Å². The van der Waals surface area contributed by atoms with E-state index >= 15 is 0 Å². The first kappa shape index (κ1) is 34.1. The second-order valence-corrected chi connectivity index (χ2v) is 13.3. The lowest BCUT2D eigenvalue weighted by atomic mass is 9.88. The molecule has 9 nitrogen and oxygen atoms in total. The first-order valence-electron chi connectivity index (χ1n) is 15.4. The minimum Gasteiger partial charge on any atom is -0.491 e. The van der Waals surface area contributed by atoms with Crippen molar-refractivity contribution in [3.8, 4) is 0 Å². The highest BCUT2D eigenvalue weighted by Gasteiger charge is 2.42. The number of nitrogens with one attached hydrogen (secondary N) is 1. The number of alkyl halides is 3. The predicted octanol–water partition coefficient (Wildman–Crippen LogP) is 5.36. The summed E-state index contributed by atoms with van der Waals surface area (Å²) in [6, 6.07) is 6.34. The van der Waals surface area contributed by atoms with E-state index in [9.17, 15) is 26.4 Å². The van der Waals surface area contributed by atoms with Crippen molar-refractivity contribution < 1.29 is 44.8 Å². The van der Waals surface area contributed by atoms with Gasteiger partial charge in [-0.1, -0.05) is 35.9 Å². The van der Waals surface area contributed by atoms with Gasteiger partial charge in [0.05, 0.1) is 11.5 Å². The van der Waals surface area contributed by atoms with Crippen LogP contribution in [0.25, 0.3) is 0 Å². The first-order chi connectivity index (χ1) is 21.9. The molecule has 46 heavy (non-hydrogen) atoms. The van der Waals surface area contributed by atoms with Gasteiger partial charge in [0.25, 0.3) is 10.1 Å². The van der Waals surface area contributed by atoms with Crippen molar-refractivity contribution in [3.63, 3.8) is 0 Å². The van der Waals surface area contributed by atoms with Crippen LogP contribution in [0.1, 0.15) is 44.1 Å². The molecule has 5 rings (SSSR count). The Bertz CT molecular complexity index is 1520. The summed E-state index contributed by atoms with van der Waals surface area (Å²) in [7, 11) is -2.85. The van der Waals surface area contributed by atoms with Gasteiger partial charge in [-0.3, -0.25) is 14.3 Å². The lowest BCUT2D eigenvalue weighted by Gasteiger charge is -2.34. The molecule has 4 atom stereocenters. The van der Waals surface area contributed by atoms with E-state index in [1.807, 2.05) is 31.2 Å². The molecule has 0 bridgehead atoms. The molecule has 1 aromatic carbocycles. The van der Waals surface area contributed by atoms with E-state index in [1.54, 1.807) is 24.3 Å². The van der Waals surface area contributed by atoms with Gasteiger partial charge in [-0.25, -0.2) is 0 Å². The predicted molar refractivity (Wildman–Crippen MR) is 164 cm³/mol. The smallest absolute Gasteiger partial charge is 0.471 e. The van der Waals surface area contributed by atoms with Gasteiger partial charge in [0.15, 0.2) is 6.29 Å². The number of halogens is 3. The Morgan fingerprint density at radius 1 is 1.13 bits per heavy atom. The third-order valence-electron chi connectivity index (χ3n) is 8.30. The zero-order valence-electron chi connectivity index (χ0n) is 25.8. The molecule has 2 aliphatic heterocycles. The van der Waals surface area contributed by atoms with Crippen molar-refractivity contribution in [3.05, 3.63) is 88.9 Å². The first-order valence-corrected chi connectivity index (χ1v) is 16.8. The van der Waals surface area contributed by atoms with Crippen LogP contribution in [0, 0.1) is 6.92 Å². The van der Waals surface area contributed by atoms with E-state index in [-0.39, 0.29) is 30.2 Å². The van der Waals surface area contributed by atoms with Gasteiger partial charge in [-0.15, -0.1) is 0 Å². The van der Waals surface area contributed by atoms with Crippen molar-refractivity contribution >= 4 is 16.0 Å². The number of rotatable bonds is 11. The van der Waals surface area contributed by atoms with Crippen LogP contribution in [0.5, 0.6) is 0 Å². The molecule has 2 aliphatic carbocycles. The summed E-state index contributed by atoms with van der Waals surface area (Å²) in [5.74, 6) is -1.26. The molecule has 2 heterocycles. The quantitative estimate of drug-likeness (QED) is 0.316. The fourth-order valence-corrected chi connectivity index (χ4v) is 6.56. The highest BCUT2D eigenvalue weighted by atomic mass is 32.2. The Hall–Kier alpha value is -3.23. The minimum atomic E-state index is -4.92. The lowest BCUT2D eigenvalue weighted by Crippen LogP contribution is -2.43. The Morgan fingerprint density at radius 2 is 1.91 bits per heavy atom. The number of ether oxygens (including phenoxy) is 3. The van der Waals surface area contributed by atoms with Gasteiger partial charge in [-0.2, -0.15) is 21.6 Å². The van der Waals surface area contributed by atoms with Crippen molar-refractivity contribution in [2.24, 2.45) is 0 Å². The number of carbonyl (C=O) groups is 1. The van der Waals surface area contributed by atoms with E-state index in [0.29, 0.717) is 48.6 Å². The Morgan fingerprint density at radius 3 is 2.59 bits per heavy atom. The molecule has 1 aromatic rings. The summed E-state index contributed by atoms with van der Waals surface area (Å²) in [6.45, 7) is 2.26. The van der Waals surface area contributed by atoms with Crippen LogP contribution >= 0.6 is 0 Å². The van der Waals surface area contributed by atoms with Gasteiger partial charge in [0.2, 0.25) is 0 Å². The normalized spacial score (nSPS) is 24.2. The van der Waals surface area contributed by atoms with Crippen molar-refractivity contribution in [1.29, 1.82) is 0 Å². The van der Waals surface area contributed by atoms with Crippen LogP contribution in [0.2, 0.25) is 0 Å². The number of fused-ring (bicyclic) bond motifs is 1. The molecule has 1 amide bonds. The number of hydrogen-bond donors (Lipinski definition) is 1. The molecule has 2 unspecified atom stereocenters. The fourth-order valence-electron chi connectivity index (χ4n) is 5.62. The molecule has 250 valence electrons. The van der Waals surface area contributed by atoms with E-state index in [0.717, 1.165) is 36.6 Å². The summed E-state index contributed by atoms with van der Waals surface area (Å²) in [5, 5.41) is 3.57. The molecule has 0 spiro atoms. The average Bonchev–Trinajstić information content (AvgIpc) is 3.05. The Balaban J connectivity index is 1.19. The second-order valence-electron chi connectivity index (χ2n) is 11.7. The van der Waals surface area contributed by atoms with Crippen LogP contribution in [0.15, 0.2) is 88.2 Å². The maximum atomic E-state index is 12.8. The summed E-state index contributed by atoms with van der Waals surface area (Å²) in [4.78, 5) is 12.3. The summed E-state index contributed by atoms with van der Waals surface area (Å²) in [6.07, 6.45) is 9.19. The molecule has 4 aliphatic rings. The average molecular weight is 665 g/mol. The number of aryl methyl sites for hydroxylation is 1. The maximum absolute atomic E-state index is 12.8. The zero-order valence-corrected chi connectivity index (χ0v) is 26.6. The van der Waals surface area contributed by atoms with Crippen LogP contribution < -0.4 is 5.32 Å². The summed E-state index contributed by atoms with van der Waals surface area (Å²) >= 11 is 0. The molecule has 13 heteroatoms. The topological polar surface area (TPSA) is 103 Å². The van der Waals surface area contributed by atoms with E-state index in [2.05, 4.69) is 5.32 Å². The fraction of sp³-hybridized carbons (Fsp3) is 0.485. The molecular weight excluding hydrogens is 625 g/mol. The molecule has 0 radical (unpaired) electrons. The number of nitrogens with zero attached hydrogens (tertiary/aromatic N) is 1. The van der Waals surface area contributed by atoms with Crippen LogP contribution in [0.4, 0.5) is 13.2 Å². The third-order valence-corrected chi connectivity index (χ3v) is 9.60. The molecule has 1 fully saturated rings. The van der Waals surface area contributed by atoms with Gasteiger partial charge in [-0.05, 0) is 87.0 Å². The number of hydrogen-bond acceptors (Lipinski definition) is 8. The standard InChI is InChI=1S/C33H39F3N2O7S/c1-22-6-14-28(15-7-22)46(40,41)44-21-27(45-31-5-3-4-18-42-31)20-43-26-13-17-30-24(19-26)10-16-29(37-30)23-8-11-25(12-9-23)38(2)32(39)33(34,35)36/h6-8,10-11,13-16,19,27,29-31,37H,3-5,9,12,17-18,20-21H2,1-2H3/t27?,29-,30-,31?/m0/s1. The molecule has 0 aromatic heterocycles. The Labute approximate surface area is 267 Å². The number of benzene rings is 1. The summed E-state index contributed by atoms with van der Waals surface area (Å²) in [5.41, 5.74) is 3.28. The largest absolute Gasteiger partial charge is 0.491 e. The third kappa shape index (κ3) is 8.77. The van der Waals surface area contributed by atoms with E-state index in [4.69, 9.17) is 18.4 Å². The highest BCUT2D eigenvalue weighted by molar-refractivity contribution is 7.86. The Kier molecular flexibility index (Phi) is 10.9. The van der Waals surface area contributed by atoms with Crippen molar-refractivity contribution in [2.75, 3.05) is 26.9 Å². The van der Waals surface area contributed by atoms with Crippen LogP contribution in [0.3, 0.4) is 0 Å². The van der Waals surface area contributed by atoms with Gasteiger partial charge >= 0.3 is 12.1 Å².